The second-order valence-corrected chi connectivity index (χ2v) is 8.04. The number of nitrogens with zero attached hydrogens (tertiary/aromatic N) is 2. The number of ether oxygens (including phenoxy) is 1. The van der Waals surface area contributed by atoms with Crippen molar-refractivity contribution < 1.29 is 14.3 Å². The van der Waals surface area contributed by atoms with E-state index in [1.54, 1.807) is 12.3 Å². The summed E-state index contributed by atoms with van der Waals surface area (Å²) >= 11 is 2.87. The van der Waals surface area contributed by atoms with Crippen LogP contribution in [-0.4, -0.2) is 27.9 Å². The minimum Gasteiger partial charge on any atom is -0.453 e. The Morgan fingerprint density at radius 3 is 2.74 bits per heavy atom. The lowest BCUT2D eigenvalue weighted by molar-refractivity contribution is 0.0479. The topological polar surface area (TPSA) is 61.2 Å². The summed E-state index contributed by atoms with van der Waals surface area (Å²) < 4.78 is 8.22. The number of ketones is 1. The number of carbonyl (C=O) groups excluding carboxylic acids is 2. The van der Waals surface area contributed by atoms with Gasteiger partial charge >= 0.3 is 5.97 Å². The van der Waals surface area contributed by atoms with Crippen LogP contribution >= 0.6 is 22.7 Å². The van der Waals surface area contributed by atoms with Crippen LogP contribution in [0.4, 0.5) is 0 Å². The summed E-state index contributed by atoms with van der Waals surface area (Å²) in [4.78, 5) is 29.7. The lowest BCUT2D eigenvalue weighted by atomic mass is 10.1. The highest BCUT2D eigenvalue weighted by molar-refractivity contribution is 7.20. The number of carbonyl (C=O) groups is 2. The normalized spacial score (nSPS) is 11.0. The van der Waals surface area contributed by atoms with Gasteiger partial charge in [-0.3, -0.25) is 9.36 Å². The molecule has 0 saturated carbocycles. The standard InChI is InChI=1S/C20H16N2O3S2/c1-12-9-15(13(2)22(12)20-21-7-8-26-20)16(23)11-25-19(24)18-10-14-5-3-4-6-17(14)27-18/h3-10H,11H2,1-2H3. The number of esters is 1. The van der Waals surface area contributed by atoms with Gasteiger partial charge in [-0.15, -0.1) is 22.7 Å². The summed E-state index contributed by atoms with van der Waals surface area (Å²) in [7, 11) is 0. The average Bonchev–Trinajstić information content (AvgIpc) is 3.38. The third-order valence-corrected chi connectivity index (χ3v) is 6.16. The minimum atomic E-state index is -0.474. The first-order valence-electron chi connectivity index (χ1n) is 8.32. The number of hydrogen-bond acceptors (Lipinski definition) is 6. The highest BCUT2D eigenvalue weighted by Crippen LogP contribution is 2.26. The van der Waals surface area contributed by atoms with Gasteiger partial charge in [-0.2, -0.15) is 0 Å². The second-order valence-electron chi connectivity index (χ2n) is 6.08. The largest absolute Gasteiger partial charge is 0.453 e. The van der Waals surface area contributed by atoms with E-state index >= 15 is 0 Å². The Balaban J connectivity index is 1.49. The van der Waals surface area contributed by atoms with Gasteiger partial charge in [-0.05, 0) is 37.4 Å². The smallest absolute Gasteiger partial charge is 0.348 e. The number of thiophene rings is 1. The van der Waals surface area contributed by atoms with E-state index in [2.05, 4.69) is 4.98 Å². The van der Waals surface area contributed by atoms with Gasteiger partial charge < -0.3 is 4.74 Å². The lowest BCUT2D eigenvalue weighted by Gasteiger charge is -2.06. The van der Waals surface area contributed by atoms with Gasteiger partial charge in [0, 0.05) is 33.2 Å². The number of thiazole rings is 1. The number of Topliss-reactive ketones (excluding diaryl/α,β-unsaturated/α-hetero) is 1. The SMILES string of the molecule is Cc1cc(C(=O)COC(=O)c2cc3ccccc3s2)c(C)n1-c1nccs1. The predicted molar refractivity (Wildman–Crippen MR) is 107 cm³/mol. The molecular weight excluding hydrogens is 380 g/mol. The maximum Gasteiger partial charge on any atom is 0.348 e. The number of fused-ring (bicyclic) bond motifs is 1. The van der Waals surface area contributed by atoms with E-state index in [-0.39, 0.29) is 12.4 Å². The van der Waals surface area contributed by atoms with Crippen LogP contribution in [0.15, 0.2) is 48.0 Å². The van der Waals surface area contributed by atoms with Crippen molar-refractivity contribution in [3.63, 3.8) is 0 Å². The first-order valence-corrected chi connectivity index (χ1v) is 10.0. The lowest BCUT2D eigenvalue weighted by Crippen LogP contribution is -2.14. The summed E-state index contributed by atoms with van der Waals surface area (Å²) in [5.41, 5.74) is 2.26. The molecule has 4 aromatic rings. The van der Waals surface area contributed by atoms with Crippen LogP contribution in [-0.2, 0) is 4.74 Å². The Hall–Kier alpha value is -2.77. The molecule has 0 fully saturated rings. The zero-order valence-electron chi connectivity index (χ0n) is 14.8. The van der Waals surface area contributed by atoms with E-state index in [9.17, 15) is 9.59 Å². The van der Waals surface area contributed by atoms with Crippen LogP contribution in [0.5, 0.6) is 0 Å². The maximum absolute atomic E-state index is 12.6. The summed E-state index contributed by atoms with van der Waals surface area (Å²) in [6.45, 7) is 3.51. The van der Waals surface area contributed by atoms with E-state index in [4.69, 9.17) is 4.74 Å². The van der Waals surface area contributed by atoms with Crippen molar-refractivity contribution in [2.45, 2.75) is 13.8 Å². The van der Waals surface area contributed by atoms with Gasteiger partial charge in [0.05, 0.1) is 0 Å². The summed E-state index contributed by atoms with van der Waals surface area (Å²) in [6.07, 6.45) is 1.73. The van der Waals surface area contributed by atoms with Crippen molar-refractivity contribution in [1.82, 2.24) is 9.55 Å². The first kappa shape index (κ1) is 17.6. The van der Waals surface area contributed by atoms with Crippen LogP contribution in [0, 0.1) is 13.8 Å². The Labute approximate surface area is 163 Å². The highest BCUT2D eigenvalue weighted by atomic mass is 32.1. The third kappa shape index (κ3) is 3.31. The molecular formula is C20H16N2O3S2. The van der Waals surface area contributed by atoms with Crippen LogP contribution in [0.2, 0.25) is 0 Å². The summed E-state index contributed by atoms with van der Waals surface area (Å²) in [5.74, 6) is -0.696. The molecule has 0 aliphatic carbocycles. The van der Waals surface area contributed by atoms with Crippen molar-refractivity contribution in [1.29, 1.82) is 0 Å². The molecule has 27 heavy (non-hydrogen) atoms. The van der Waals surface area contributed by atoms with Gasteiger partial charge in [0.15, 0.2) is 11.7 Å². The molecule has 136 valence electrons. The zero-order valence-corrected chi connectivity index (χ0v) is 16.4. The fraction of sp³-hybridized carbons (Fsp3) is 0.150. The van der Waals surface area contributed by atoms with Gasteiger partial charge in [0.2, 0.25) is 5.78 Å². The fourth-order valence-electron chi connectivity index (χ4n) is 3.03. The molecule has 0 aliphatic rings. The van der Waals surface area contributed by atoms with Crippen LogP contribution in [0.25, 0.3) is 15.2 Å². The second kappa shape index (κ2) is 7.09. The van der Waals surface area contributed by atoms with Crippen LogP contribution in [0.1, 0.15) is 31.4 Å². The van der Waals surface area contributed by atoms with Crippen molar-refractivity contribution in [2.24, 2.45) is 0 Å². The fourth-order valence-corrected chi connectivity index (χ4v) is 4.74. The Morgan fingerprint density at radius 1 is 1.19 bits per heavy atom. The quantitative estimate of drug-likeness (QED) is 0.359. The van der Waals surface area contributed by atoms with E-state index < -0.39 is 5.97 Å². The van der Waals surface area contributed by atoms with E-state index in [0.717, 1.165) is 26.6 Å². The van der Waals surface area contributed by atoms with Gasteiger partial charge in [-0.1, -0.05) is 18.2 Å². The van der Waals surface area contributed by atoms with E-state index in [0.29, 0.717) is 10.4 Å². The molecule has 0 atom stereocenters. The molecule has 3 heterocycles. The molecule has 0 unspecified atom stereocenters. The van der Waals surface area contributed by atoms with Crippen molar-refractivity contribution in [3.8, 4) is 5.13 Å². The summed E-state index contributed by atoms with van der Waals surface area (Å²) in [5, 5.41) is 3.70. The minimum absolute atomic E-state index is 0.222. The molecule has 0 spiro atoms. The molecule has 0 amide bonds. The Morgan fingerprint density at radius 2 is 2.00 bits per heavy atom. The van der Waals surface area contributed by atoms with Crippen molar-refractivity contribution in [3.05, 3.63) is 69.8 Å². The van der Waals surface area contributed by atoms with Crippen molar-refractivity contribution >= 4 is 44.5 Å². The predicted octanol–water partition coefficient (Wildman–Crippen LogP) is 4.81. The van der Waals surface area contributed by atoms with Gasteiger partial charge in [0.1, 0.15) is 4.88 Å². The van der Waals surface area contributed by atoms with Crippen molar-refractivity contribution in [2.75, 3.05) is 6.61 Å². The molecule has 4 rings (SSSR count). The monoisotopic (exact) mass is 396 g/mol. The van der Waals surface area contributed by atoms with Crippen LogP contribution in [0.3, 0.4) is 0 Å². The number of aromatic nitrogens is 2. The molecule has 0 bridgehead atoms. The van der Waals surface area contributed by atoms with Gasteiger partial charge in [0.25, 0.3) is 0 Å². The molecule has 0 N–H and O–H groups in total. The highest BCUT2D eigenvalue weighted by Gasteiger charge is 2.20. The zero-order chi connectivity index (χ0) is 19.0. The average molecular weight is 396 g/mol. The number of hydrogen-bond donors (Lipinski definition) is 0. The third-order valence-electron chi connectivity index (χ3n) is 4.30. The Bertz CT molecular complexity index is 1110. The Kier molecular flexibility index (Phi) is 4.63. The maximum atomic E-state index is 12.6. The molecule has 0 radical (unpaired) electrons. The van der Waals surface area contributed by atoms with Gasteiger partial charge in [-0.25, -0.2) is 9.78 Å². The number of benzene rings is 1. The number of rotatable bonds is 5. The molecule has 0 saturated heterocycles. The molecule has 3 aromatic heterocycles. The van der Waals surface area contributed by atoms with E-state index in [1.165, 1.54) is 22.7 Å². The van der Waals surface area contributed by atoms with E-state index in [1.807, 2.05) is 54.1 Å². The number of aryl methyl sites for hydroxylation is 1. The molecule has 7 heteroatoms. The van der Waals surface area contributed by atoms with Crippen LogP contribution < -0.4 is 0 Å². The summed E-state index contributed by atoms with van der Waals surface area (Å²) in [6, 6.07) is 11.4. The molecule has 1 aromatic carbocycles. The molecule has 5 nitrogen and oxygen atoms in total. The molecule has 0 aliphatic heterocycles. The first-order chi connectivity index (χ1) is 13.0.